The molecule has 25 heavy (non-hydrogen) atoms. The summed E-state index contributed by atoms with van der Waals surface area (Å²) in [5.74, 6) is 1.01. The minimum Gasteiger partial charge on any atom is -0.696 e. The molecule has 2 heterocycles. The summed E-state index contributed by atoms with van der Waals surface area (Å²) in [5.41, 5.74) is 1.44. The van der Waals surface area contributed by atoms with E-state index in [0.29, 0.717) is 0 Å². The summed E-state index contributed by atoms with van der Waals surface area (Å²) in [6, 6.07) is 0. The van der Waals surface area contributed by atoms with Gasteiger partial charge in [-0.1, -0.05) is 74.5 Å². The van der Waals surface area contributed by atoms with E-state index in [9.17, 15) is 0 Å². The molecule has 2 aliphatic heterocycles. The molecule has 1 saturated heterocycles. The maximum atomic E-state index is 7.13. The second kappa shape index (κ2) is 25.8. The normalized spacial score (nSPS) is 14.6. The Morgan fingerprint density at radius 2 is 1.68 bits per heavy atom. The Balaban J connectivity index is -0.000000287. The average molecular weight is 477 g/mol. The number of nitrogens with zero attached hydrogens (tertiary/aromatic N) is 4. The van der Waals surface area contributed by atoms with Crippen molar-refractivity contribution in [3.63, 3.8) is 0 Å². The van der Waals surface area contributed by atoms with Crippen molar-refractivity contribution in [2.24, 2.45) is 5.92 Å². The van der Waals surface area contributed by atoms with E-state index in [1.807, 2.05) is 6.20 Å². The van der Waals surface area contributed by atoms with E-state index in [0.717, 1.165) is 25.6 Å². The summed E-state index contributed by atoms with van der Waals surface area (Å²) in [6.07, 6.45) is 14.1. The maximum Gasteiger partial charge on any atom is 0 e. The molecule has 4 nitrogen and oxygen atoms in total. The van der Waals surface area contributed by atoms with E-state index in [4.69, 9.17) is 10.5 Å². The Kier molecular flexibility index (Phi) is 30.3. The van der Waals surface area contributed by atoms with Crippen LogP contribution in [0.4, 0.5) is 0 Å². The second-order valence-corrected chi connectivity index (χ2v) is 5.66. The first kappa shape index (κ1) is 29.3. The van der Waals surface area contributed by atoms with E-state index in [1.54, 1.807) is 0 Å². The van der Waals surface area contributed by atoms with Gasteiger partial charge in [0.05, 0.1) is 0 Å². The van der Waals surface area contributed by atoms with Crippen molar-refractivity contribution in [2.75, 3.05) is 19.6 Å². The molecule has 0 bridgehead atoms. The molecule has 138 valence electrons. The molecule has 0 radical (unpaired) electrons. The average Bonchev–Trinajstić information content (AvgIpc) is 2.59. The monoisotopic (exact) mass is 478 g/mol. The topological polar surface area (TPSA) is 75.8 Å². The van der Waals surface area contributed by atoms with E-state index in [2.05, 4.69) is 61.9 Å². The number of thiocyanates is 2. The fourth-order valence-electron chi connectivity index (χ4n) is 2.42. The van der Waals surface area contributed by atoms with Crippen LogP contribution in [0, 0.1) is 27.2 Å². The molecule has 2 rings (SSSR count). The van der Waals surface area contributed by atoms with Crippen molar-refractivity contribution in [3.05, 3.63) is 34.6 Å². The number of hydrogen-bond donors (Lipinski definition) is 0. The van der Waals surface area contributed by atoms with Crippen LogP contribution in [-0.2, 0) is 52.6 Å². The van der Waals surface area contributed by atoms with Gasteiger partial charge in [-0.25, -0.2) is 10.5 Å². The molecule has 1 fully saturated rings. The number of piperidine rings is 1. The van der Waals surface area contributed by atoms with Gasteiger partial charge in [-0.15, -0.1) is 19.6 Å². The minimum absolute atomic E-state index is 0. The third-order valence-corrected chi connectivity index (χ3v) is 3.48. The SMILES string of the molecule is CCCC1=CC[N-]C=C1.CCCC1CC[N-]CC1.N#C[S-].N#C[S-].[Cd]. The van der Waals surface area contributed by atoms with Crippen LogP contribution in [0.15, 0.2) is 23.9 Å². The van der Waals surface area contributed by atoms with Gasteiger partial charge in [-0.3, -0.25) is 0 Å². The Hall–Kier alpha value is -0.418. The van der Waals surface area contributed by atoms with Gasteiger partial charge in [-0.05, 0) is 12.3 Å². The molecule has 0 spiro atoms. The third kappa shape index (κ3) is 23.6. The molecule has 0 aromatic rings. The molecule has 0 aromatic heterocycles. The summed E-state index contributed by atoms with van der Waals surface area (Å²) in [7, 11) is 0. The van der Waals surface area contributed by atoms with Crippen LogP contribution in [-0.4, -0.2) is 19.6 Å². The van der Waals surface area contributed by atoms with Gasteiger partial charge in [0, 0.05) is 27.3 Å². The molecule has 0 saturated carbocycles. The van der Waals surface area contributed by atoms with Gasteiger partial charge < -0.3 is 35.9 Å². The number of nitriles is 2. The largest absolute Gasteiger partial charge is 0.696 e. The van der Waals surface area contributed by atoms with E-state index in [1.165, 1.54) is 54.9 Å². The van der Waals surface area contributed by atoms with Crippen LogP contribution in [0.25, 0.3) is 10.6 Å². The van der Waals surface area contributed by atoms with Gasteiger partial charge >= 0.3 is 0 Å². The quantitative estimate of drug-likeness (QED) is 0.317. The molecular formula is C18H28CdN4S2-4. The van der Waals surface area contributed by atoms with E-state index in [-0.39, 0.29) is 27.3 Å². The summed E-state index contributed by atoms with van der Waals surface area (Å²) in [6.45, 7) is 7.60. The Morgan fingerprint density at radius 3 is 2.08 bits per heavy atom. The Morgan fingerprint density at radius 1 is 1.12 bits per heavy atom. The number of allylic oxidation sites excluding steroid dienone is 2. The zero-order chi connectivity index (χ0) is 18.5. The van der Waals surface area contributed by atoms with Crippen LogP contribution in [0.2, 0.25) is 0 Å². The maximum absolute atomic E-state index is 7.13. The van der Waals surface area contributed by atoms with Crippen LogP contribution >= 0.6 is 0 Å². The van der Waals surface area contributed by atoms with Gasteiger partial charge in [0.25, 0.3) is 0 Å². The predicted octanol–water partition coefficient (Wildman–Crippen LogP) is 5.21. The number of rotatable bonds is 4. The minimum atomic E-state index is 0. The molecule has 7 heteroatoms. The summed E-state index contributed by atoms with van der Waals surface area (Å²) >= 11 is 7.40. The van der Waals surface area contributed by atoms with Crippen LogP contribution in [0.5, 0.6) is 0 Å². The zero-order valence-electron chi connectivity index (χ0n) is 15.5. The molecule has 0 atom stereocenters. The fraction of sp³-hybridized carbons (Fsp3) is 0.667. The van der Waals surface area contributed by atoms with Crippen molar-refractivity contribution in [1.82, 2.24) is 0 Å². The molecule has 0 N–H and O–H groups in total. The molecule has 2 aliphatic rings. The number of hydrogen-bond acceptors (Lipinski definition) is 4. The van der Waals surface area contributed by atoms with E-state index >= 15 is 0 Å². The van der Waals surface area contributed by atoms with Crippen molar-refractivity contribution < 1.29 is 27.3 Å². The van der Waals surface area contributed by atoms with Crippen LogP contribution in [0.1, 0.15) is 52.4 Å². The predicted molar refractivity (Wildman–Crippen MR) is 107 cm³/mol. The van der Waals surface area contributed by atoms with Crippen LogP contribution in [0.3, 0.4) is 0 Å². The molecule has 0 amide bonds. The second-order valence-electron chi connectivity index (χ2n) is 5.30. The van der Waals surface area contributed by atoms with Gasteiger partial charge in [0.1, 0.15) is 0 Å². The Labute approximate surface area is 185 Å². The van der Waals surface area contributed by atoms with Crippen molar-refractivity contribution >= 4 is 25.3 Å². The van der Waals surface area contributed by atoms with Gasteiger partial charge in [-0.2, -0.15) is 6.20 Å². The summed E-state index contributed by atoms with van der Waals surface area (Å²) < 4.78 is 0. The van der Waals surface area contributed by atoms with Crippen molar-refractivity contribution in [2.45, 2.75) is 52.4 Å². The molecule has 0 unspecified atom stereocenters. The summed E-state index contributed by atoms with van der Waals surface area (Å²) in [4.78, 5) is 0. The van der Waals surface area contributed by atoms with E-state index < -0.39 is 0 Å². The summed E-state index contributed by atoms with van der Waals surface area (Å²) in [5, 5.41) is 25.3. The Bertz CT molecular complexity index is 394. The smallest absolute Gasteiger partial charge is 0 e. The first-order chi connectivity index (χ1) is 11.7. The molecule has 0 aromatic carbocycles. The van der Waals surface area contributed by atoms with Gasteiger partial charge in [0.15, 0.2) is 0 Å². The zero-order valence-corrected chi connectivity index (χ0v) is 21.2. The van der Waals surface area contributed by atoms with Crippen molar-refractivity contribution in [1.29, 1.82) is 10.5 Å². The molecule has 0 aliphatic carbocycles. The standard InChI is InChI=1S/C8H16N.C8H12N.2CHNS.Cd/c2*1-2-3-8-4-6-9-7-5-8;2*2-1-3;/h8H,2-7H2,1H3;4-6H,2-3,7H2,1H3;2*3H;/q2*-1;;;/p-2. The third-order valence-electron chi connectivity index (χ3n) is 3.48. The molecular weight excluding hydrogens is 449 g/mol. The fourth-order valence-corrected chi connectivity index (χ4v) is 2.42. The van der Waals surface area contributed by atoms with Crippen molar-refractivity contribution in [3.8, 4) is 10.8 Å². The first-order valence-corrected chi connectivity index (χ1v) is 9.19. The van der Waals surface area contributed by atoms with Crippen LogP contribution < -0.4 is 0 Å². The first-order valence-electron chi connectivity index (χ1n) is 8.37. The van der Waals surface area contributed by atoms with Gasteiger partial charge in [0.2, 0.25) is 0 Å².